The second-order valence-corrected chi connectivity index (χ2v) is 6.05. The first-order chi connectivity index (χ1) is 8.51. The highest BCUT2D eigenvalue weighted by molar-refractivity contribution is 7.89. The highest BCUT2D eigenvalue weighted by Crippen LogP contribution is 2.19. The van der Waals surface area contributed by atoms with Crippen molar-refractivity contribution in [1.29, 1.82) is 0 Å². The van der Waals surface area contributed by atoms with Crippen LogP contribution < -0.4 is 0 Å². The number of aromatic nitrogens is 1. The second kappa shape index (κ2) is 6.36. The molecule has 0 bridgehead atoms. The molecule has 1 heterocycles. The van der Waals surface area contributed by atoms with Gasteiger partial charge in [0.15, 0.2) is 0 Å². The molecule has 5 nitrogen and oxygen atoms in total. The monoisotopic (exact) mass is 274 g/mol. The minimum absolute atomic E-state index is 0.145. The van der Waals surface area contributed by atoms with Crippen LogP contribution in [-0.4, -0.2) is 35.5 Å². The summed E-state index contributed by atoms with van der Waals surface area (Å²) in [4.78, 5) is 0.267. The lowest BCUT2D eigenvalue weighted by molar-refractivity contribution is 0.270. The molecule has 1 N–H and O–H groups in total. The molecular weight excluding hydrogens is 252 g/mol. The molecule has 0 saturated heterocycles. The van der Waals surface area contributed by atoms with E-state index in [0.29, 0.717) is 25.3 Å². The molecule has 0 aliphatic carbocycles. The lowest BCUT2D eigenvalue weighted by Gasteiger charge is -2.17. The Morgan fingerprint density at radius 2 is 1.89 bits per heavy atom. The second-order valence-electron chi connectivity index (χ2n) is 4.11. The van der Waals surface area contributed by atoms with Gasteiger partial charge in [-0.15, -0.1) is 0 Å². The number of hydrogen-bond donors (Lipinski definition) is 1. The van der Waals surface area contributed by atoms with Gasteiger partial charge < -0.3 is 9.67 Å². The Labute approximate surface area is 109 Å². The summed E-state index contributed by atoms with van der Waals surface area (Å²) < 4.78 is 27.8. The van der Waals surface area contributed by atoms with Crippen molar-refractivity contribution in [3.8, 4) is 0 Å². The van der Waals surface area contributed by atoms with Crippen molar-refractivity contribution >= 4 is 10.0 Å². The van der Waals surface area contributed by atoms with E-state index in [-0.39, 0.29) is 11.5 Å². The zero-order valence-corrected chi connectivity index (χ0v) is 12.1. The van der Waals surface area contributed by atoms with E-state index >= 15 is 0 Å². The van der Waals surface area contributed by atoms with Crippen LogP contribution in [0.3, 0.4) is 0 Å². The normalized spacial score (nSPS) is 12.3. The predicted octanol–water partition coefficient (Wildman–Crippen LogP) is 1.42. The van der Waals surface area contributed by atoms with Crippen molar-refractivity contribution in [2.45, 2.75) is 45.2 Å². The molecule has 0 aromatic carbocycles. The van der Waals surface area contributed by atoms with E-state index < -0.39 is 10.0 Å². The van der Waals surface area contributed by atoms with E-state index in [9.17, 15) is 13.5 Å². The zero-order chi connectivity index (χ0) is 13.8. The number of aliphatic hydroxyl groups excluding tert-OH is 1. The summed E-state index contributed by atoms with van der Waals surface area (Å²) in [5.74, 6) is 0. The number of rotatable bonds is 7. The molecule has 1 aromatic heterocycles. The highest BCUT2D eigenvalue weighted by Gasteiger charge is 2.23. The number of sulfonamides is 1. The number of hydrogen-bond acceptors (Lipinski definition) is 3. The first-order valence-corrected chi connectivity index (χ1v) is 7.75. The Balaban J connectivity index is 3.17. The van der Waals surface area contributed by atoms with Gasteiger partial charge in [0, 0.05) is 31.5 Å². The quantitative estimate of drug-likeness (QED) is 0.818. The van der Waals surface area contributed by atoms with Crippen molar-refractivity contribution in [1.82, 2.24) is 8.87 Å². The summed E-state index contributed by atoms with van der Waals surface area (Å²) in [6, 6.07) is 1.56. The third-order valence-corrected chi connectivity index (χ3v) is 4.95. The van der Waals surface area contributed by atoms with Gasteiger partial charge in [0.05, 0.1) is 6.61 Å². The van der Waals surface area contributed by atoms with Gasteiger partial charge in [-0.05, 0) is 12.5 Å². The molecule has 6 heteroatoms. The van der Waals surface area contributed by atoms with Crippen LogP contribution in [0.25, 0.3) is 0 Å². The molecular formula is C12H22N2O3S. The minimum Gasteiger partial charge on any atom is -0.390 e. The summed E-state index contributed by atoms with van der Waals surface area (Å²) in [7, 11) is -3.43. The van der Waals surface area contributed by atoms with Crippen LogP contribution in [0.15, 0.2) is 17.2 Å². The summed E-state index contributed by atoms with van der Waals surface area (Å²) in [6.07, 6.45) is 2.51. The fourth-order valence-corrected chi connectivity index (χ4v) is 3.48. The Hall–Kier alpha value is -0.850. The lowest BCUT2D eigenvalue weighted by Crippen LogP contribution is -2.30. The topological polar surface area (TPSA) is 62.5 Å². The SMILES string of the molecule is CCCn1cc(S(=O)(=O)N(CC)CC)cc1CO. The van der Waals surface area contributed by atoms with Crippen LogP contribution in [0.2, 0.25) is 0 Å². The maximum absolute atomic E-state index is 12.3. The van der Waals surface area contributed by atoms with Crippen LogP contribution in [0.1, 0.15) is 32.9 Å². The summed E-state index contributed by atoms with van der Waals surface area (Å²) in [5.41, 5.74) is 0.641. The first-order valence-electron chi connectivity index (χ1n) is 6.31. The summed E-state index contributed by atoms with van der Waals surface area (Å²) in [6.45, 7) is 7.11. The fraction of sp³-hybridized carbons (Fsp3) is 0.667. The van der Waals surface area contributed by atoms with Gasteiger partial charge >= 0.3 is 0 Å². The molecule has 0 saturated carbocycles. The van der Waals surface area contributed by atoms with E-state index in [1.165, 1.54) is 4.31 Å². The molecule has 0 radical (unpaired) electrons. The van der Waals surface area contributed by atoms with Crippen molar-refractivity contribution in [3.05, 3.63) is 18.0 Å². The number of aliphatic hydroxyl groups is 1. The molecule has 0 amide bonds. The van der Waals surface area contributed by atoms with E-state index in [1.807, 2.05) is 20.8 Å². The highest BCUT2D eigenvalue weighted by atomic mass is 32.2. The molecule has 0 unspecified atom stereocenters. The minimum atomic E-state index is -3.43. The Morgan fingerprint density at radius 1 is 1.28 bits per heavy atom. The molecule has 18 heavy (non-hydrogen) atoms. The molecule has 0 aliphatic rings. The summed E-state index contributed by atoms with van der Waals surface area (Å²) >= 11 is 0. The van der Waals surface area contributed by atoms with Gasteiger partial charge in [0.2, 0.25) is 10.0 Å². The van der Waals surface area contributed by atoms with Crippen molar-refractivity contribution in [2.75, 3.05) is 13.1 Å². The average Bonchev–Trinajstić information content (AvgIpc) is 2.74. The van der Waals surface area contributed by atoms with Crippen LogP contribution in [0, 0.1) is 0 Å². The van der Waals surface area contributed by atoms with Crippen LogP contribution >= 0.6 is 0 Å². The van der Waals surface area contributed by atoms with Crippen molar-refractivity contribution in [2.24, 2.45) is 0 Å². The maximum atomic E-state index is 12.3. The smallest absolute Gasteiger partial charge is 0.244 e. The van der Waals surface area contributed by atoms with E-state index in [1.54, 1.807) is 16.8 Å². The van der Waals surface area contributed by atoms with E-state index in [0.717, 1.165) is 6.42 Å². The van der Waals surface area contributed by atoms with Gasteiger partial charge in [0.1, 0.15) is 4.90 Å². The fourth-order valence-electron chi connectivity index (χ4n) is 1.96. The lowest BCUT2D eigenvalue weighted by atomic mass is 10.4. The third kappa shape index (κ3) is 2.93. The first kappa shape index (κ1) is 15.2. The van der Waals surface area contributed by atoms with Crippen molar-refractivity contribution < 1.29 is 13.5 Å². The number of aryl methyl sites for hydroxylation is 1. The van der Waals surface area contributed by atoms with Crippen molar-refractivity contribution in [3.63, 3.8) is 0 Å². The standard InChI is InChI=1S/C12H22N2O3S/c1-4-7-13-9-12(8-11(13)10-15)18(16,17)14(5-2)6-3/h8-9,15H,4-7,10H2,1-3H3. The molecule has 0 fully saturated rings. The van der Waals surface area contributed by atoms with Gasteiger partial charge in [-0.25, -0.2) is 8.42 Å². The molecule has 1 rings (SSSR count). The third-order valence-electron chi connectivity index (χ3n) is 2.93. The van der Waals surface area contributed by atoms with Gasteiger partial charge in [-0.1, -0.05) is 20.8 Å². The van der Waals surface area contributed by atoms with E-state index in [2.05, 4.69) is 0 Å². The number of nitrogens with zero attached hydrogens (tertiary/aromatic N) is 2. The Kier molecular flexibility index (Phi) is 5.37. The molecule has 0 aliphatic heterocycles. The van der Waals surface area contributed by atoms with Crippen LogP contribution in [-0.2, 0) is 23.2 Å². The zero-order valence-electron chi connectivity index (χ0n) is 11.3. The maximum Gasteiger partial charge on any atom is 0.244 e. The Bertz CT molecular complexity index is 476. The van der Waals surface area contributed by atoms with Gasteiger partial charge in [-0.2, -0.15) is 4.31 Å². The summed E-state index contributed by atoms with van der Waals surface area (Å²) in [5, 5.41) is 9.25. The van der Waals surface area contributed by atoms with Gasteiger partial charge in [-0.3, -0.25) is 0 Å². The van der Waals surface area contributed by atoms with E-state index in [4.69, 9.17) is 0 Å². The largest absolute Gasteiger partial charge is 0.390 e. The molecule has 0 atom stereocenters. The predicted molar refractivity (Wildman–Crippen MR) is 70.8 cm³/mol. The molecule has 1 aromatic rings. The average molecular weight is 274 g/mol. The Morgan fingerprint density at radius 3 is 2.33 bits per heavy atom. The molecule has 0 spiro atoms. The molecule has 104 valence electrons. The van der Waals surface area contributed by atoms with Gasteiger partial charge in [0.25, 0.3) is 0 Å². The van der Waals surface area contributed by atoms with Crippen LogP contribution in [0.4, 0.5) is 0 Å². The van der Waals surface area contributed by atoms with Crippen LogP contribution in [0.5, 0.6) is 0 Å².